The first-order chi connectivity index (χ1) is 7.57. The first-order valence-corrected chi connectivity index (χ1v) is 5.84. The fourth-order valence-electron chi connectivity index (χ4n) is 1.29. The van der Waals surface area contributed by atoms with Crippen LogP contribution in [0.15, 0.2) is 40.0 Å². The predicted molar refractivity (Wildman–Crippen MR) is 53.4 cm³/mol. The number of aromatic nitrogens is 2. The Hall–Kier alpha value is -1.73. The van der Waals surface area contributed by atoms with Crippen molar-refractivity contribution >= 4 is 10.1 Å². The third-order valence-corrected chi connectivity index (χ3v) is 2.78. The minimum absolute atomic E-state index is 0.0914. The third-order valence-electron chi connectivity index (χ3n) is 1.98. The molecule has 2 rings (SSSR count). The molecule has 0 atom stereocenters. The van der Waals surface area contributed by atoms with E-state index in [2.05, 4.69) is 14.9 Å². The number of rotatable bonds is 3. The smallest absolute Gasteiger partial charge is 0.280 e. The standard InChI is InChI=1S/C9H8N2O4S/c12-16(13,14)9-8(10-15-11-9)6-7-4-2-1-3-5-7/h1-5H,6H2,(H,12,13,14). The molecule has 7 heteroatoms. The molecule has 0 spiro atoms. The molecule has 0 bridgehead atoms. The van der Waals surface area contributed by atoms with Crippen LogP contribution in [0, 0.1) is 0 Å². The van der Waals surface area contributed by atoms with Crippen molar-refractivity contribution in [2.24, 2.45) is 0 Å². The van der Waals surface area contributed by atoms with E-state index in [0.717, 1.165) is 5.56 Å². The molecule has 6 nitrogen and oxygen atoms in total. The van der Waals surface area contributed by atoms with E-state index in [0.29, 0.717) is 0 Å². The lowest BCUT2D eigenvalue weighted by molar-refractivity contribution is 0.294. The van der Waals surface area contributed by atoms with Crippen molar-refractivity contribution in [1.29, 1.82) is 0 Å². The Morgan fingerprint density at radius 3 is 2.50 bits per heavy atom. The summed E-state index contributed by atoms with van der Waals surface area (Å²) in [5.41, 5.74) is 0.941. The Morgan fingerprint density at radius 2 is 1.88 bits per heavy atom. The zero-order valence-electron chi connectivity index (χ0n) is 8.07. The van der Waals surface area contributed by atoms with Gasteiger partial charge in [0.1, 0.15) is 5.69 Å². The minimum atomic E-state index is -4.38. The van der Waals surface area contributed by atoms with E-state index in [1.165, 1.54) is 0 Å². The summed E-state index contributed by atoms with van der Waals surface area (Å²) in [7, 11) is -4.38. The van der Waals surface area contributed by atoms with Gasteiger partial charge in [-0.3, -0.25) is 4.55 Å². The van der Waals surface area contributed by atoms with Crippen LogP contribution in [0.5, 0.6) is 0 Å². The van der Waals surface area contributed by atoms with Gasteiger partial charge in [0.2, 0.25) is 5.03 Å². The molecule has 2 aromatic rings. The second kappa shape index (κ2) is 4.03. The lowest BCUT2D eigenvalue weighted by Crippen LogP contribution is -2.03. The molecule has 0 radical (unpaired) electrons. The van der Waals surface area contributed by atoms with Gasteiger partial charge in [-0.05, 0) is 10.7 Å². The van der Waals surface area contributed by atoms with Gasteiger partial charge in [0.05, 0.1) is 0 Å². The Kier molecular flexibility index (Phi) is 2.71. The van der Waals surface area contributed by atoms with Crippen LogP contribution in [-0.2, 0) is 16.5 Å². The maximum Gasteiger partial charge on any atom is 0.317 e. The van der Waals surface area contributed by atoms with Crippen LogP contribution in [0.25, 0.3) is 0 Å². The van der Waals surface area contributed by atoms with Gasteiger partial charge >= 0.3 is 10.1 Å². The SMILES string of the molecule is O=S(=O)(O)c1nonc1Cc1ccccc1. The van der Waals surface area contributed by atoms with Crippen LogP contribution < -0.4 is 0 Å². The zero-order chi connectivity index (χ0) is 11.6. The van der Waals surface area contributed by atoms with Gasteiger partial charge in [-0.1, -0.05) is 35.5 Å². The molecule has 0 saturated carbocycles. The topological polar surface area (TPSA) is 93.3 Å². The van der Waals surface area contributed by atoms with Crippen molar-refractivity contribution in [3.8, 4) is 0 Å². The van der Waals surface area contributed by atoms with Crippen LogP contribution >= 0.6 is 0 Å². The van der Waals surface area contributed by atoms with Gasteiger partial charge < -0.3 is 0 Å². The van der Waals surface area contributed by atoms with Crippen molar-refractivity contribution in [3.05, 3.63) is 41.6 Å². The highest BCUT2D eigenvalue weighted by Crippen LogP contribution is 2.14. The second-order valence-electron chi connectivity index (χ2n) is 3.15. The molecule has 0 unspecified atom stereocenters. The van der Waals surface area contributed by atoms with Gasteiger partial charge in [0.15, 0.2) is 0 Å². The summed E-state index contributed by atoms with van der Waals surface area (Å²) in [4.78, 5) is 0. The van der Waals surface area contributed by atoms with Gasteiger partial charge in [0, 0.05) is 6.42 Å². The monoisotopic (exact) mass is 240 g/mol. The molecule has 1 aromatic heterocycles. The van der Waals surface area contributed by atoms with Gasteiger partial charge in [-0.2, -0.15) is 8.42 Å². The lowest BCUT2D eigenvalue weighted by atomic mass is 10.1. The fourth-order valence-corrected chi connectivity index (χ4v) is 1.83. The van der Waals surface area contributed by atoms with Gasteiger partial charge in [-0.25, -0.2) is 4.63 Å². The maximum absolute atomic E-state index is 10.9. The quantitative estimate of drug-likeness (QED) is 0.801. The van der Waals surface area contributed by atoms with Crippen molar-refractivity contribution in [2.45, 2.75) is 11.4 Å². The van der Waals surface area contributed by atoms with Gasteiger partial charge in [0.25, 0.3) is 0 Å². The van der Waals surface area contributed by atoms with E-state index < -0.39 is 15.1 Å². The predicted octanol–water partition coefficient (Wildman–Crippen LogP) is 0.907. The Labute approximate surface area is 91.6 Å². The van der Waals surface area contributed by atoms with Crippen LogP contribution in [0.2, 0.25) is 0 Å². The first-order valence-electron chi connectivity index (χ1n) is 4.40. The summed E-state index contributed by atoms with van der Waals surface area (Å²) >= 11 is 0. The summed E-state index contributed by atoms with van der Waals surface area (Å²) in [6.07, 6.45) is 0.236. The van der Waals surface area contributed by atoms with Crippen LogP contribution in [0.3, 0.4) is 0 Å². The van der Waals surface area contributed by atoms with E-state index in [1.54, 1.807) is 0 Å². The van der Waals surface area contributed by atoms with E-state index >= 15 is 0 Å². The van der Waals surface area contributed by atoms with E-state index in [1.807, 2.05) is 30.3 Å². The Balaban J connectivity index is 2.34. The van der Waals surface area contributed by atoms with Crippen LogP contribution in [0.1, 0.15) is 11.3 Å². The number of nitrogens with zero attached hydrogens (tertiary/aromatic N) is 2. The molecular weight excluding hydrogens is 232 g/mol. The highest BCUT2D eigenvalue weighted by Gasteiger charge is 2.22. The van der Waals surface area contributed by atoms with E-state index in [4.69, 9.17) is 4.55 Å². The van der Waals surface area contributed by atoms with Crippen LogP contribution in [0.4, 0.5) is 0 Å². The summed E-state index contributed by atoms with van der Waals surface area (Å²) in [5.74, 6) is 0. The first kappa shape index (κ1) is 10.8. The summed E-state index contributed by atoms with van der Waals surface area (Å²) in [5, 5.41) is 6.08. The second-order valence-corrected chi connectivity index (χ2v) is 4.49. The fraction of sp³-hybridized carbons (Fsp3) is 0.111. The maximum atomic E-state index is 10.9. The van der Waals surface area contributed by atoms with Crippen molar-refractivity contribution in [1.82, 2.24) is 10.3 Å². The molecular formula is C9H8N2O4S. The molecule has 0 aliphatic heterocycles. The van der Waals surface area contributed by atoms with E-state index in [9.17, 15) is 8.42 Å². The lowest BCUT2D eigenvalue weighted by Gasteiger charge is -1.97. The molecule has 84 valence electrons. The summed E-state index contributed by atoms with van der Waals surface area (Å²) < 4.78 is 34.9. The zero-order valence-corrected chi connectivity index (χ0v) is 8.88. The number of hydrogen-bond acceptors (Lipinski definition) is 5. The average Bonchev–Trinajstić information content (AvgIpc) is 2.67. The van der Waals surface area contributed by atoms with Crippen molar-refractivity contribution in [2.75, 3.05) is 0 Å². The molecule has 1 N–H and O–H groups in total. The van der Waals surface area contributed by atoms with Crippen molar-refractivity contribution in [3.63, 3.8) is 0 Å². The molecule has 16 heavy (non-hydrogen) atoms. The van der Waals surface area contributed by atoms with Crippen LogP contribution in [-0.4, -0.2) is 23.3 Å². The average molecular weight is 240 g/mol. The molecule has 0 aliphatic rings. The number of benzene rings is 1. The molecule has 0 aliphatic carbocycles. The van der Waals surface area contributed by atoms with E-state index in [-0.39, 0.29) is 12.1 Å². The molecule has 0 amide bonds. The summed E-state index contributed by atoms with van der Waals surface area (Å²) in [6, 6.07) is 9.09. The highest BCUT2D eigenvalue weighted by molar-refractivity contribution is 7.85. The minimum Gasteiger partial charge on any atom is -0.280 e. The molecule has 1 heterocycles. The molecule has 0 fully saturated rings. The molecule has 0 saturated heterocycles. The third kappa shape index (κ3) is 2.26. The number of hydrogen-bond donors (Lipinski definition) is 1. The van der Waals surface area contributed by atoms with Gasteiger partial charge in [-0.15, -0.1) is 0 Å². The largest absolute Gasteiger partial charge is 0.317 e. The highest BCUT2D eigenvalue weighted by atomic mass is 32.2. The normalized spacial score (nSPS) is 11.6. The Bertz CT molecular complexity index is 577. The van der Waals surface area contributed by atoms with Crippen molar-refractivity contribution < 1.29 is 17.6 Å². The summed E-state index contributed by atoms with van der Waals surface area (Å²) in [6.45, 7) is 0. The Morgan fingerprint density at radius 1 is 1.19 bits per heavy atom. The molecule has 1 aromatic carbocycles.